The number of rotatable bonds is 5. The molecule has 0 N–H and O–H groups in total. The summed E-state index contributed by atoms with van der Waals surface area (Å²) in [5, 5.41) is 0.557. The molecule has 1 aromatic carbocycles. The van der Waals surface area contributed by atoms with Crippen LogP contribution in [0.25, 0.3) is 0 Å². The molecule has 2 rings (SSSR count). The minimum atomic E-state index is -4.58. The fourth-order valence-corrected chi connectivity index (χ4v) is 1.98. The summed E-state index contributed by atoms with van der Waals surface area (Å²) in [6.45, 7) is 3.50. The van der Waals surface area contributed by atoms with Crippen LogP contribution in [0.3, 0.4) is 0 Å². The van der Waals surface area contributed by atoms with E-state index in [4.69, 9.17) is 16.3 Å². The quantitative estimate of drug-likeness (QED) is 0.745. The van der Waals surface area contributed by atoms with Crippen molar-refractivity contribution in [2.24, 2.45) is 0 Å². The average Bonchev–Trinajstić information content (AvgIpc) is 2.53. The number of hydrogen-bond donors (Lipinski definition) is 0. The topological polar surface area (TPSA) is 38.2 Å². The van der Waals surface area contributed by atoms with E-state index in [2.05, 4.69) is 9.97 Å². The van der Waals surface area contributed by atoms with Crippen molar-refractivity contribution in [1.82, 2.24) is 9.97 Å². The third kappa shape index (κ3) is 4.29. The van der Waals surface area contributed by atoms with Gasteiger partial charge in [0.25, 0.3) is 0 Å². The molecule has 1 atom stereocenters. The molecule has 1 unspecified atom stereocenters. The molecule has 8 heteroatoms. The lowest BCUT2D eigenvalue weighted by molar-refractivity contribution is -0.139. The van der Waals surface area contributed by atoms with Crippen LogP contribution < -0.4 is 9.64 Å². The predicted molar refractivity (Wildman–Crippen MR) is 86.9 cm³/mol. The molecule has 1 aromatic heterocycles. The molecule has 130 valence electrons. The molecular weight excluding hydrogens is 343 g/mol. The van der Waals surface area contributed by atoms with Gasteiger partial charge in [0.15, 0.2) is 0 Å². The molecular formula is C16H17ClF3N3O. The van der Waals surface area contributed by atoms with Crippen molar-refractivity contribution >= 4 is 23.2 Å². The predicted octanol–water partition coefficient (Wildman–Crippen LogP) is 5.09. The molecule has 0 bridgehead atoms. The molecule has 0 radical (unpaired) electrons. The molecule has 0 aliphatic carbocycles. The monoisotopic (exact) mass is 359 g/mol. The van der Waals surface area contributed by atoms with Gasteiger partial charge in [0.05, 0.1) is 6.10 Å². The lowest BCUT2D eigenvalue weighted by Crippen LogP contribution is -2.19. The van der Waals surface area contributed by atoms with E-state index in [0.29, 0.717) is 17.1 Å². The van der Waals surface area contributed by atoms with E-state index < -0.39 is 23.7 Å². The summed E-state index contributed by atoms with van der Waals surface area (Å²) in [7, 11) is 1.65. The van der Waals surface area contributed by atoms with Crippen molar-refractivity contribution in [2.75, 3.05) is 11.9 Å². The van der Waals surface area contributed by atoms with Crippen LogP contribution in [-0.2, 0) is 6.18 Å². The highest BCUT2D eigenvalue weighted by atomic mass is 35.5. The number of nitrogens with zero attached hydrogens (tertiary/aromatic N) is 3. The molecule has 0 saturated heterocycles. The number of anilines is 2. The summed E-state index contributed by atoms with van der Waals surface area (Å²) in [4.78, 5) is 9.34. The van der Waals surface area contributed by atoms with E-state index in [9.17, 15) is 13.2 Å². The van der Waals surface area contributed by atoms with Crippen LogP contribution in [0.4, 0.5) is 24.8 Å². The van der Waals surface area contributed by atoms with Crippen molar-refractivity contribution in [3.63, 3.8) is 0 Å². The van der Waals surface area contributed by atoms with Crippen LogP contribution in [0, 0.1) is 0 Å². The molecule has 0 saturated carbocycles. The third-order valence-electron chi connectivity index (χ3n) is 3.45. The minimum absolute atomic E-state index is 0.101. The number of alkyl halides is 3. The summed E-state index contributed by atoms with van der Waals surface area (Å²) in [6, 6.07) is 6.79. The Kier molecular flexibility index (Phi) is 5.54. The summed E-state index contributed by atoms with van der Waals surface area (Å²) in [5.41, 5.74) is -0.301. The lowest BCUT2D eigenvalue weighted by Gasteiger charge is -2.21. The maximum Gasteiger partial charge on any atom is 0.423 e. The largest absolute Gasteiger partial charge is 0.474 e. The third-order valence-corrected chi connectivity index (χ3v) is 3.70. The van der Waals surface area contributed by atoms with Crippen molar-refractivity contribution in [3.05, 3.63) is 41.0 Å². The molecule has 24 heavy (non-hydrogen) atoms. The zero-order chi connectivity index (χ0) is 17.9. The SMILES string of the molecule is CCC(C)Oc1nc(N(C)c2ccc(Cl)cc2)ncc1C(F)(F)F. The van der Waals surface area contributed by atoms with Crippen LogP contribution in [-0.4, -0.2) is 23.1 Å². The Morgan fingerprint density at radius 1 is 1.25 bits per heavy atom. The molecule has 0 aliphatic rings. The summed E-state index contributed by atoms with van der Waals surface area (Å²) < 4.78 is 44.7. The van der Waals surface area contributed by atoms with Gasteiger partial charge in [-0.2, -0.15) is 18.2 Å². The van der Waals surface area contributed by atoms with Gasteiger partial charge in [-0.25, -0.2) is 4.98 Å². The Morgan fingerprint density at radius 3 is 2.42 bits per heavy atom. The first-order valence-electron chi connectivity index (χ1n) is 7.32. The Morgan fingerprint density at radius 2 is 1.88 bits per heavy atom. The smallest absolute Gasteiger partial charge is 0.423 e. The Balaban J connectivity index is 2.40. The number of ether oxygens (including phenoxy) is 1. The summed E-state index contributed by atoms with van der Waals surface area (Å²) >= 11 is 5.84. The van der Waals surface area contributed by atoms with Gasteiger partial charge in [-0.1, -0.05) is 18.5 Å². The fourth-order valence-electron chi connectivity index (χ4n) is 1.86. The van der Waals surface area contributed by atoms with Gasteiger partial charge in [-0.05, 0) is 37.6 Å². The first-order chi connectivity index (χ1) is 11.2. The van der Waals surface area contributed by atoms with E-state index in [1.165, 1.54) is 0 Å². The van der Waals surface area contributed by atoms with Crippen molar-refractivity contribution in [1.29, 1.82) is 0 Å². The number of hydrogen-bond acceptors (Lipinski definition) is 4. The molecule has 0 fully saturated rings. The van der Waals surface area contributed by atoms with Crippen LogP contribution >= 0.6 is 11.6 Å². The van der Waals surface area contributed by atoms with Crippen molar-refractivity contribution in [3.8, 4) is 5.88 Å². The second kappa shape index (κ2) is 7.25. The average molecular weight is 360 g/mol. The molecule has 2 aromatic rings. The van der Waals surface area contributed by atoms with Crippen LogP contribution in [0.1, 0.15) is 25.8 Å². The normalized spacial score (nSPS) is 12.8. The first kappa shape index (κ1) is 18.3. The summed E-state index contributed by atoms with van der Waals surface area (Å²) in [6.07, 6.45) is -3.68. The Labute approximate surface area is 143 Å². The van der Waals surface area contributed by atoms with Crippen molar-refractivity contribution in [2.45, 2.75) is 32.5 Å². The highest BCUT2D eigenvalue weighted by Gasteiger charge is 2.37. The highest BCUT2D eigenvalue weighted by Crippen LogP contribution is 2.36. The maximum atomic E-state index is 13.1. The second-order valence-electron chi connectivity index (χ2n) is 5.26. The molecule has 0 aliphatic heterocycles. The van der Waals surface area contributed by atoms with E-state index in [-0.39, 0.29) is 5.95 Å². The van der Waals surface area contributed by atoms with Gasteiger partial charge in [-0.15, -0.1) is 0 Å². The van der Waals surface area contributed by atoms with E-state index in [1.54, 1.807) is 43.1 Å². The van der Waals surface area contributed by atoms with Crippen molar-refractivity contribution < 1.29 is 17.9 Å². The zero-order valence-corrected chi connectivity index (χ0v) is 14.2. The number of halogens is 4. The molecule has 0 amide bonds. The van der Waals surface area contributed by atoms with Crippen LogP contribution in [0.5, 0.6) is 5.88 Å². The first-order valence-corrected chi connectivity index (χ1v) is 7.70. The van der Waals surface area contributed by atoms with Crippen LogP contribution in [0.15, 0.2) is 30.5 Å². The minimum Gasteiger partial charge on any atom is -0.474 e. The molecule has 4 nitrogen and oxygen atoms in total. The highest BCUT2D eigenvalue weighted by molar-refractivity contribution is 6.30. The van der Waals surface area contributed by atoms with E-state index >= 15 is 0 Å². The van der Waals surface area contributed by atoms with Gasteiger partial charge < -0.3 is 9.64 Å². The second-order valence-corrected chi connectivity index (χ2v) is 5.70. The Bertz CT molecular complexity index is 692. The maximum absolute atomic E-state index is 13.1. The standard InChI is InChI=1S/C16H17ClF3N3O/c1-4-10(2)24-14-13(16(18,19)20)9-21-15(22-14)23(3)12-7-5-11(17)6-8-12/h5-10H,4H2,1-3H3. The van der Waals surface area contributed by atoms with Crippen LogP contribution in [0.2, 0.25) is 5.02 Å². The van der Waals surface area contributed by atoms with E-state index in [1.807, 2.05) is 6.92 Å². The molecule has 0 spiro atoms. The fraction of sp³-hybridized carbons (Fsp3) is 0.375. The zero-order valence-electron chi connectivity index (χ0n) is 13.4. The van der Waals surface area contributed by atoms with Gasteiger partial charge >= 0.3 is 6.18 Å². The number of aromatic nitrogens is 2. The van der Waals surface area contributed by atoms with Gasteiger partial charge in [0, 0.05) is 24.0 Å². The number of benzene rings is 1. The van der Waals surface area contributed by atoms with E-state index in [0.717, 1.165) is 6.20 Å². The Hall–Kier alpha value is -2.02. The molecule has 1 heterocycles. The lowest BCUT2D eigenvalue weighted by atomic mass is 10.3. The summed E-state index contributed by atoms with van der Waals surface area (Å²) in [5.74, 6) is -0.369. The van der Waals surface area contributed by atoms with Gasteiger partial charge in [0.1, 0.15) is 5.56 Å². The van der Waals surface area contributed by atoms with Gasteiger partial charge in [-0.3, -0.25) is 0 Å². The van der Waals surface area contributed by atoms with Gasteiger partial charge in [0.2, 0.25) is 11.8 Å².